The summed E-state index contributed by atoms with van der Waals surface area (Å²) in [7, 11) is 0. The van der Waals surface area contributed by atoms with Crippen molar-refractivity contribution >= 4 is 11.8 Å². The molecular weight excluding hydrogens is 222 g/mol. The highest BCUT2D eigenvalue weighted by Gasteiger charge is 2.35. The number of rotatable bonds is 2. The second-order valence-corrected chi connectivity index (χ2v) is 4.52. The number of aryl methyl sites for hydroxylation is 1. The summed E-state index contributed by atoms with van der Waals surface area (Å²) in [5, 5.41) is 9.04. The summed E-state index contributed by atoms with van der Waals surface area (Å²) in [6.45, 7) is 4.64. The number of carboxylic acids is 1. The highest BCUT2D eigenvalue weighted by molar-refractivity contribution is 5.72. The van der Waals surface area contributed by atoms with Gasteiger partial charge in [-0.15, -0.1) is 0 Å². The van der Waals surface area contributed by atoms with Crippen LogP contribution in [0.5, 0.6) is 0 Å². The minimum absolute atomic E-state index is 0.0638. The second kappa shape index (κ2) is 4.20. The van der Waals surface area contributed by atoms with Crippen molar-refractivity contribution in [3.8, 4) is 0 Å². The summed E-state index contributed by atoms with van der Waals surface area (Å²) in [4.78, 5) is 31.0. The Balaban J connectivity index is 2.25. The quantitative estimate of drug-likeness (QED) is 0.769. The van der Waals surface area contributed by atoms with E-state index in [0.717, 1.165) is 0 Å². The summed E-state index contributed by atoms with van der Waals surface area (Å²) in [6, 6.07) is 1.41. The Morgan fingerprint density at radius 3 is 2.82 bits per heavy atom. The van der Waals surface area contributed by atoms with Gasteiger partial charge >= 0.3 is 5.97 Å². The third kappa shape index (κ3) is 2.30. The third-order valence-electron chi connectivity index (χ3n) is 3.10. The van der Waals surface area contributed by atoms with E-state index in [9.17, 15) is 9.59 Å². The minimum Gasteiger partial charge on any atom is -0.481 e. The SMILES string of the molecule is Cc1nc(N2C[C@@H](C)[C@H](C(=O)O)C2)cc(=O)[nH]1. The standard InChI is InChI=1S/C11H15N3O3/c1-6-4-14(5-8(6)11(16)17)9-3-10(15)13-7(2)12-9/h3,6,8H,4-5H2,1-2H3,(H,16,17)(H,12,13,15)/t6-,8-/m1/s1. The van der Waals surface area contributed by atoms with Gasteiger partial charge in [0.2, 0.25) is 0 Å². The van der Waals surface area contributed by atoms with Crippen LogP contribution in [-0.2, 0) is 4.79 Å². The van der Waals surface area contributed by atoms with E-state index in [4.69, 9.17) is 5.11 Å². The Kier molecular flexibility index (Phi) is 2.87. The first-order chi connectivity index (χ1) is 7.97. The van der Waals surface area contributed by atoms with Crippen LogP contribution in [0.4, 0.5) is 5.82 Å². The van der Waals surface area contributed by atoms with E-state index in [1.54, 1.807) is 6.92 Å². The lowest BCUT2D eigenvalue weighted by molar-refractivity contribution is -0.142. The molecule has 0 unspecified atom stereocenters. The lowest BCUT2D eigenvalue weighted by Crippen LogP contribution is -2.25. The van der Waals surface area contributed by atoms with Gasteiger partial charge in [0, 0.05) is 19.2 Å². The largest absolute Gasteiger partial charge is 0.481 e. The molecule has 1 saturated heterocycles. The monoisotopic (exact) mass is 237 g/mol. The van der Waals surface area contributed by atoms with Gasteiger partial charge in [0.05, 0.1) is 5.92 Å². The van der Waals surface area contributed by atoms with Crippen molar-refractivity contribution < 1.29 is 9.90 Å². The number of carbonyl (C=O) groups is 1. The van der Waals surface area contributed by atoms with E-state index in [1.165, 1.54) is 6.07 Å². The topological polar surface area (TPSA) is 86.3 Å². The Morgan fingerprint density at radius 2 is 2.29 bits per heavy atom. The maximum Gasteiger partial charge on any atom is 0.308 e. The fraction of sp³-hybridized carbons (Fsp3) is 0.545. The number of aromatic amines is 1. The first kappa shape index (κ1) is 11.6. The Morgan fingerprint density at radius 1 is 1.59 bits per heavy atom. The molecule has 0 aliphatic carbocycles. The molecule has 2 atom stereocenters. The molecule has 0 radical (unpaired) electrons. The molecular formula is C11H15N3O3. The summed E-state index contributed by atoms with van der Waals surface area (Å²) >= 11 is 0. The van der Waals surface area contributed by atoms with Gasteiger partial charge in [-0.1, -0.05) is 6.92 Å². The van der Waals surface area contributed by atoms with Crippen LogP contribution in [0.15, 0.2) is 10.9 Å². The van der Waals surface area contributed by atoms with Gasteiger partial charge in [-0.2, -0.15) is 0 Å². The lowest BCUT2D eigenvalue weighted by Gasteiger charge is -2.16. The number of H-pyrrole nitrogens is 1. The number of nitrogens with one attached hydrogen (secondary N) is 1. The zero-order valence-corrected chi connectivity index (χ0v) is 9.80. The summed E-state index contributed by atoms with van der Waals surface area (Å²) < 4.78 is 0. The van der Waals surface area contributed by atoms with E-state index in [0.29, 0.717) is 24.7 Å². The van der Waals surface area contributed by atoms with E-state index < -0.39 is 11.9 Å². The Labute approximate surface area is 98.3 Å². The fourth-order valence-electron chi connectivity index (χ4n) is 2.20. The second-order valence-electron chi connectivity index (χ2n) is 4.52. The number of aromatic nitrogens is 2. The predicted molar refractivity (Wildman–Crippen MR) is 62.1 cm³/mol. The molecule has 1 fully saturated rings. The van der Waals surface area contributed by atoms with Crippen LogP contribution in [-0.4, -0.2) is 34.1 Å². The number of anilines is 1. The normalized spacial score (nSPS) is 24.0. The maximum atomic E-state index is 11.3. The molecule has 6 heteroatoms. The molecule has 1 aliphatic rings. The molecule has 17 heavy (non-hydrogen) atoms. The van der Waals surface area contributed by atoms with Crippen molar-refractivity contribution in [3.63, 3.8) is 0 Å². The zero-order valence-electron chi connectivity index (χ0n) is 9.80. The highest BCUT2D eigenvalue weighted by Crippen LogP contribution is 2.26. The van der Waals surface area contributed by atoms with Crippen LogP contribution in [0.3, 0.4) is 0 Å². The Hall–Kier alpha value is -1.85. The molecule has 6 nitrogen and oxygen atoms in total. The molecule has 92 valence electrons. The highest BCUT2D eigenvalue weighted by atomic mass is 16.4. The number of hydrogen-bond acceptors (Lipinski definition) is 4. The number of carboxylic acid groups (broad SMARTS) is 1. The molecule has 0 spiro atoms. The Bertz CT molecular complexity index is 497. The van der Waals surface area contributed by atoms with Gasteiger partial charge < -0.3 is 15.0 Å². The molecule has 0 amide bonds. The first-order valence-corrected chi connectivity index (χ1v) is 5.53. The van der Waals surface area contributed by atoms with E-state index in [1.807, 2.05) is 11.8 Å². The fourth-order valence-corrected chi connectivity index (χ4v) is 2.20. The molecule has 0 bridgehead atoms. The average Bonchev–Trinajstić information content (AvgIpc) is 2.59. The van der Waals surface area contributed by atoms with Crippen LogP contribution in [0.2, 0.25) is 0 Å². The van der Waals surface area contributed by atoms with Crippen LogP contribution in [0.1, 0.15) is 12.7 Å². The van der Waals surface area contributed by atoms with Gasteiger partial charge in [-0.25, -0.2) is 4.98 Å². The van der Waals surface area contributed by atoms with Gasteiger partial charge in [0.15, 0.2) is 0 Å². The van der Waals surface area contributed by atoms with Crippen molar-refractivity contribution in [1.82, 2.24) is 9.97 Å². The molecule has 1 aliphatic heterocycles. The molecule has 1 aromatic rings. The minimum atomic E-state index is -0.790. The van der Waals surface area contributed by atoms with E-state index in [2.05, 4.69) is 9.97 Å². The van der Waals surface area contributed by atoms with Crippen LogP contribution in [0.25, 0.3) is 0 Å². The molecule has 0 aromatic carbocycles. The van der Waals surface area contributed by atoms with Gasteiger partial charge in [-0.3, -0.25) is 9.59 Å². The van der Waals surface area contributed by atoms with Crippen LogP contribution >= 0.6 is 0 Å². The average molecular weight is 237 g/mol. The first-order valence-electron chi connectivity index (χ1n) is 5.53. The predicted octanol–water partition coefficient (Wildman–Crippen LogP) is 0.235. The summed E-state index contributed by atoms with van der Waals surface area (Å²) in [5.41, 5.74) is -0.209. The van der Waals surface area contributed by atoms with Crippen LogP contribution < -0.4 is 10.5 Å². The molecule has 2 N–H and O–H groups in total. The zero-order chi connectivity index (χ0) is 12.6. The van der Waals surface area contributed by atoms with Crippen molar-refractivity contribution in [1.29, 1.82) is 0 Å². The number of hydrogen-bond donors (Lipinski definition) is 2. The van der Waals surface area contributed by atoms with Crippen LogP contribution in [0, 0.1) is 18.8 Å². The van der Waals surface area contributed by atoms with Gasteiger partial charge in [0.25, 0.3) is 5.56 Å². The van der Waals surface area contributed by atoms with Gasteiger partial charge in [0.1, 0.15) is 11.6 Å². The third-order valence-corrected chi connectivity index (χ3v) is 3.10. The molecule has 2 heterocycles. The van der Waals surface area contributed by atoms with Crippen molar-refractivity contribution in [2.45, 2.75) is 13.8 Å². The van der Waals surface area contributed by atoms with E-state index >= 15 is 0 Å². The number of aliphatic carboxylic acids is 1. The summed E-state index contributed by atoms with van der Waals surface area (Å²) in [5.74, 6) is -0.0207. The van der Waals surface area contributed by atoms with Crippen molar-refractivity contribution in [2.24, 2.45) is 11.8 Å². The lowest BCUT2D eigenvalue weighted by atomic mass is 9.99. The van der Waals surface area contributed by atoms with Crippen molar-refractivity contribution in [2.75, 3.05) is 18.0 Å². The van der Waals surface area contributed by atoms with E-state index in [-0.39, 0.29) is 11.5 Å². The smallest absolute Gasteiger partial charge is 0.308 e. The molecule has 0 saturated carbocycles. The van der Waals surface area contributed by atoms with Gasteiger partial charge in [-0.05, 0) is 12.8 Å². The molecule has 2 rings (SSSR count). The number of nitrogens with zero attached hydrogens (tertiary/aromatic N) is 2. The maximum absolute atomic E-state index is 11.3. The summed E-state index contributed by atoms with van der Waals surface area (Å²) in [6.07, 6.45) is 0. The molecule has 1 aromatic heterocycles. The van der Waals surface area contributed by atoms with Crippen molar-refractivity contribution in [3.05, 3.63) is 22.2 Å².